The Hall–Kier alpha value is -1.21. The predicted octanol–water partition coefficient (Wildman–Crippen LogP) is 2.91. The van der Waals surface area contributed by atoms with Gasteiger partial charge in [-0.25, -0.2) is 15.0 Å². The van der Waals surface area contributed by atoms with E-state index in [9.17, 15) is 0 Å². The summed E-state index contributed by atoms with van der Waals surface area (Å²) in [5.41, 5.74) is 0. The Morgan fingerprint density at radius 1 is 1.29 bits per heavy atom. The van der Waals surface area contributed by atoms with Gasteiger partial charge in [0.2, 0.25) is 0 Å². The number of hydrogen-bond donors (Lipinski definition) is 2. The van der Waals surface area contributed by atoms with E-state index < -0.39 is 0 Å². The summed E-state index contributed by atoms with van der Waals surface area (Å²) in [6, 6.07) is 0.117. The molecule has 2 N–H and O–H groups in total. The fraction of sp³-hybridized carbons (Fsp3) is 0.300. The second-order valence-electron chi connectivity index (χ2n) is 3.37. The van der Waals surface area contributed by atoms with Gasteiger partial charge >= 0.3 is 0 Å². The maximum Gasteiger partial charge on any atom is 0.146 e. The molecule has 1 unspecified atom stereocenters. The number of halogens is 1. The number of nitrogens with zero attached hydrogens (tertiary/aromatic N) is 3. The van der Waals surface area contributed by atoms with Gasteiger partial charge in [0.1, 0.15) is 27.4 Å². The van der Waals surface area contributed by atoms with Crippen molar-refractivity contribution < 1.29 is 0 Å². The first-order chi connectivity index (χ1) is 8.22. The summed E-state index contributed by atoms with van der Waals surface area (Å²) in [5, 5.41) is 9.28. The Bertz CT molecular complexity index is 487. The first-order valence-corrected chi connectivity index (χ1v) is 6.73. The number of aromatic nitrogens is 3. The topological polar surface area (TPSA) is 62.7 Å². The van der Waals surface area contributed by atoms with Crippen LogP contribution in [0.5, 0.6) is 0 Å². The number of hydrogen-bond acceptors (Lipinski definition) is 6. The van der Waals surface area contributed by atoms with Gasteiger partial charge < -0.3 is 10.6 Å². The van der Waals surface area contributed by atoms with Crippen molar-refractivity contribution in [2.24, 2.45) is 0 Å². The maximum atomic E-state index is 4.27. The third-order valence-corrected chi connectivity index (χ3v) is 3.91. The molecule has 0 amide bonds. The van der Waals surface area contributed by atoms with Gasteiger partial charge in [0.25, 0.3) is 0 Å². The normalized spacial score (nSPS) is 12.2. The molecule has 0 saturated carbocycles. The zero-order valence-electron chi connectivity index (χ0n) is 9.44. The largest absolute Gasteiger partial charge is 0.372 e. The fourth-order valence-electron chi connectivity index (χ4n) is 1.36. The van der Waals surface area contributed by atoms with E-state index in [4.69, 9.17) is 0 Å². The van der Waals surface area contributed by atoms with Gasteiger partial charge in [0, 0.05) is 18.6 Å². The monoisotopic (exact) mass is 313 g/mol. The molecular formula is C10H12BrN5S. The first-order valence-electron chi connectivity index (χ1n) is 5.06. The van der Waals surface area contributed by atoms with Crippen LogP contribution < -0.4 is 10.6 Å². The fourth-order valence-corrected chi connectivity index (χ4v) is 2.52. The number of nitrogens with one attached hydrogen (secondary N) is 2. The number of anilines is 2. The highest BCUT2D eigenvalue weighted by Crippen LogP contribution is 2.29. The Balaban J connectivity index is 2.19. The average molecular weight is 314 g/mol. The first kappa shape index (κ1) is 12.3. The van der Waals surface area contributed by atoms with Crippen molar-refractivity contribution in [2.45, 2.75) is 13.0 Å². The summed E-state index contributed by atoms with van der Waals surface area (Å²) in [7, 11) is 1.82. The molecule has 5 nitrogen and oxygen atoms in total. The van der Waals surface area contributed by atoms with Crippen LogP contribution >= 0.6 is 27.3 Å². The van der Waals surface area contributed by atoms with Crippen molar-refractivity contribution >= 4 is 38.9 Å². The summed E-state index contributed by atoms with van der Waals surface area (Å²) in [6.45, 7) is 2.05. The summed E-state index contributed by atoms with van der Waals surface area (Å²) in [6.07, 6.45) is 3.32. The molecule has 2 aromatic heterocycles. The molecule has 0 saturated heterocycles. The Labute approximate surface area is 112 Å². The molecule has 90 valence electrons. The van der Waals surface area contributed by atoms with E-state index >= 15 is 0 Å². The lowest BCUT2D eigenvalue weighted by atomic mass is 10.3. The van der Waals surface area contributed by atoms with Crippen molar-refractivity contribution in [1.82, 2.24) is 15.0 Å². The molecule has 7 heteroatoms. The molecule has 0 radical (unpaired) electrons. The van der Waals surface area contributed by atoms with E-state index in [0.29, 0.717) is 0 Å². The number of thiazole rings is 1. The second kappa shape index (κ2) is 5.42. The molecule has 2 rings (SSSR count). The zero-order chi connectivity index (χ0) is 12.3. The SMILES string of the molecule is CNc1ncnc(NC(C)c2nccs2)c1Br. The van der Waals surface area contributed by atoms with E-state index in [1.165, 1.54) is 6.33 Å². The van der Waals surface area contributed by atoms with Crippen molar-refractivity contribution in [3.05, 3.63) is 27.4 Å². The predicted molar refractivity (Wildman–Crippen MR) is 73.4 cm³/mol. The van der Waals surface area contributed by atoms with E-state index in [2.05, 4.69) is 41.5 Å². The molecule has 0 aliphatic rings. The Morgan fingerprint density at radius 3 is 2.71 bits per heavy atom. The highest BCUT2D eigenvalue weighted by Gasteiger charge is 2.12. The molecule has 0 aliphatic carbocycles. The molecule has 0 bridgehead atoms. The molecule has 1 atom stereocenters. The standard InChI is InChI=1S/C10H12BrN5S/c1-6(10-13-3-4-17-10)16-9-7(11)8(12-2)14-5-15-9/h3-6H,1-2H3,(H2,12,14,15,16). The van der Waals surface area contributed by atoms with Crippen LogP contribution in [0.2, 0.25) is 0 Å². The van der Waals surface area contributed by atoms with Crippen LogP contribution in [0.25, 0.3) is 0 Å². The molecule has 0 aromatic carbocycles. The van der Waals surface area contributed by atoms with Gasteiger partial charge in [0.05, 0.1) is 6.04 Å². The molecule has 2 heterocycles. The van der Waals surface area contributed by atoms with Gasteiger partial charge in [-0.3, -0.25) is 0 Å². The van der Waals surface area contributed by atoms with Crippen molar-refractivity contribution in [2.75, 3.05) is 17.7 Å². The summed E-state index contributed by atoms with van der Waals surface area (Å²) in [4.78, 5) is 12.6. The van der Waals surface area contributed by atoms with Crippen molar-refractivity contribution in [1.29, 1.82) is 0 Å². The lowest BCUT2D eigenvalue weighted by molar-refractivity contribution is 0.857. The molecule has 0 spiro atoms. The third kappa shape index (κ3) is 2.73. The van der Waals surface area contributed by atoms with E-state index in [1.807, 2.05) is 19.4 Å². The van der Waals surface area contributed by atoms with E-state index in [-0.39, 0.29) is 6.04 Å². The maximum absolute atomic E-state index is 4.27. The molecule has 0 aliphatic heterocycles. The van der Waals surface area contributed by atoms with Crippen LogP contribution in [0.1, 0.15) is 18.0 Å². The Morgan fingerprint density at radius 2 is 2.06 bits per heavy atom. The molecule has 0 fully saturated rings. The smallest absolute Gasteiger partial charge is 0.146 e. The van der Waals surface area contributed by atoms with Crippen molar-refractivity contribution in [3.8, 4) is 0 Å². The summed E-state index contributed by atoms with van der Waals surface area (Å²) in [5.74, 6) is 1.51. The molecule has 17 heavy (non-hydrogen) atoms. The quantitative estimate of drug-likeness (QED) is 0.908. The third-order valence-electron chi connectivity index (χ3n) is 2.20. The van der Waals surface area contributed by atoms with Gasteiger partial charge in [-0.15, -0.1) is 11.3 Å². The van der Waals surface area contributed by atoms with Gasteiger partial charge in [-0.05, 0) is 22.9 Å². The highest BCUT2D eigenvalue weighted by atomic mass is 79.9. The lowest BCUT2D eigenvalue weighted by Gasteiger charge is -2.14. The van der Waals surface area contributed by atoms with Crippen LogP contribution in [0, 0.1) is 0 Å². The molecular weight excluding hydrogens is 302 g/mol. The van der Waals surface area contributed by atoms with Crippen LogP contribution in [0.3, 0.4) is 0 Å². The minimum absolute atomic E-state index is 0.117. The van der Waals surface area contributed by atoms with E-state index in [0.717, 1.165) is 21.1 Å². The van der Waals surface area contributed by atoms with Crippen LogP contribution in [0.15, 0.2) is 22.4 Å². The average Bonchev–Trinajstić information content (AvgIpc) is 2.85. The van der Waals surface area contributed by atoms with Gasteiger partial charge in [-0.2, -0.15) is 0 Å². The van der Waals surface area contributed by atoms with Crippen LogP contribution in [-0.2, 0) is 0 Å². The van der Waals surface area contributed by atoms with Crippen molar-refractivity contribution in [3.63, 3.8) is 0 Å². The number of rotatable bonds is 4. The van der Waals surface area contributed by atoms with Gasteiger partial charge in [0.15, 0.2) is 0 Å². The lowest BCUT2D eigenvalue weighted by Crippen LogP contribution is -2.09. The zero-order valence-corrected chi connectivity index (χ0v) is 11.8. The summed E-state index contributed by atoms with van der Waals surface area (Å²) >= 11 is 5.08. The highest BCUT2D eigenvalue weighted by molar-refractivity contribution is 9.10. The summed E-state index contributed by atoms with van der Waals surface area (Å²) < 4.78 is 0.825. The minimum Gasteiger partial charge on any atom is -0.372 e. The second-order valence-corrected chi connectivity index (χ2v) is 5.09. The van der Waals surface area contributed by atoms with Crippen LogP contribution in [0.4, 0.5) is 11.6 Å². The van der Waals surface area contributed by atoms with E-state index in [1.54, 1.807) is 17.5 Å². The Kier molecular flexibility index (Phi) is 3.90. The van der Waals surface area contributed by atoms with Gasteiger partial charge in [-0.1, -0.05) is 0 Å². The molecule has 2 aromatic rings. The van der Waals surface area contributed by atoms with Crippen LogP contribution in [-0.4, -0.2) is 22.0 Å². The minimum atomic E-state index is 0.117.